The number of benzene rings is 3. The Morgan fingerprint density at radius 2 is 1.52 bits per heavy atom. The molecule has 5 heteroatoms. The first-order chi connectivity index (χ1) is 20.4. The third kappa shape index (κ3) is 9.78. The van der Waals surface area contributed by atoms with Crippen LogP contribution in [0.5, 0.6) is 17.2 Å². The lowest BCUT2D eigenvalue weighted by atomic mass is 9.80. The highest BCUT2D eigenvalue weighted by molar-refractivity contribution is 5.39. The van der Waals surface area contributed by atoms with Crippen LogP contribution in [0, 0.1) is 0 Å². The molecule has 5 rings (SSSR count). The number of hydrogen-bond acceptors (Lipinski definition) is 5. The van der Waals surface area contributed by atoms with Gasteiger partial charge >= 0.3 is 0 Å². The average Bonchev–Trinajstić information content (AvgIpc) is 3.02. The molecular weight excluding hydrogens is 520 g/mol. The molecule has 5 nitrogen and oxygen atoms in total. The highest BCUT2D eigenvalue weighted by Gasteiger charge is 2.20. The lowest BCUT2D eigenvalue weighted by Crippen LogP contribution is -2.36. The maximum atomic E-state index is 9.51. The standard InChI is InChI=1S/C20H34N2O.C17H18O2/c1-4-14-21(2)17-18-10-12-20(13-11-18)23-16-15-22(3)19-8-6-5-7-9-19;1-19-17-8-5-12(6-9-17)13-2-3-15-11-16(18)7-4-14(15)10-13/h10-13,19H,4-9,14-17H2,1-3H3;4-9,11,13,18H,2-3,10H2,1H3. The number of hydrogen-bond donors (Lipinski definition) is 1. The van der Waals surface area contributed by atoms with Crippen LogP contribution in [0.25, 0.3) is 0 Å². The molecule has 1 unspecified atom stereocenters. The van der Waals surface area contributed by atoms with Gasteiger partial charge in [-0.15, -0.1) is 0 Å². The number of phenols is 1. The smallest absolute Gasteiger partial charge is 0.119 e. The third-order valence-electron chi connectivity index (χ3n) is 8.90. The van der Waals surface area contributed by atoms with Gasteiger partial charge in [-0.05, 0) is 124 Å². The molecule has 2 aliphatic carbocycles. The van der Waals surface area contributed by atoms with E-state index in [1.165, 1.54) is 60.8 Å². The summed E-state index contributed by atoms with van der Waals surface area (Å²) < 4.78 is 11.1. The van der Waals surface area contributed by atoms with Gasteiger partial charge in [-0.25, -0.2) is 0 Å². The van der Waals surface area contributed by atoms with E-state index in [0.717, 1.165) is 63.0 Å². The van der Waals surface area contributed by atoms with E-state index in [1.807, 2.05) is 18.2 Å². The van der Waals surface area contributed by atoms with Crippen molar-refractivity contribution in [3.05, 3.63) is 89.0 Å². The van der Waals surface area contributed by atoms with Gasteiger partial charge in [0.1, 0.15) is 23.9 Å². The Balaban J connectivity index is 0.000000196. The van der Waals surface area contributed by atoms with Crippen LogP contribution in [0.3, 0.4) is 0 Å². The summed E-state index contributed by atoms with van der Waals surface area (Å²) in [5, 5.41) is 9.51. The van der Waals surface area contributed by atoms with Gasteiger partial charge in [-0.1, -0.05) is 56.5 Å². The lowest BCUT2D eigenvalue weighted by Gasteiger charge is -2.31. The van der Waals surface area contributed by atoms with E-state index in [-0.39, 0.29) is 0 Å². The van der Waals surface area contributed by atoms with Crippen molar-refractivity contribution < 1.29 is 14.6 Å². The maximum Gasteiger partial charge on any atom is 0.119 e. The van der Waals surface area contributed by atoms with E-state index in [0.29, 0.717) is 11.7 Å². The minimum atomic E-state index is 0.377. The molecule has 1 N–H and O–H groups in total. The molecule has 42 heavy (non-hydrogen) atoms. The Hall–Kier alpha value is -3.02. The molecule has 1 saturated carbocycles. The van der Waals surface area contributed by atoms with E-state index >= 15 is 0 Å². The molecule has 228 valence electrons. The van der Waals surface area contributed by atoms with Crippen molar-refractivity contribution in [3.8, 4) is 17.2 Å². The zero-order valence-corrected chi connectivity index (χ0v) is 26.4. The zero-order chi connectivity index (χ0) is 29.7. The van der Waals surface area contributed by atoms with Gasteiger partial charge in [0.25, 0.3) is 0 Å². The van der Waals surface area contributed by atoms with Crippen LogP contribution in [-0.4, -0.2) is 61.8 Å². The molecule has 0 amide bonds. The fourth-order valence-corrected chi connectivity index (χ4v) is 6.38. The number of nitrogens with zero attached hydrogens (tertiary/aromatic N) is 2. The van der Waals surface area contributed by atoms with Crippen LogP contribution >= 0.6 is 0 Å². The Morgan fingerprint density at radius 3 is 2.21 bits per heavy atom. The normalized spacial score (nSPS) is 17.0. The van der Waals surface area contributed by atoms with Crippen molar-refractivity contribution in [1.29, 1.82) is 0 Å². The largest absolute Gasteiger partial charge is 0.508 e. The monoisotopic (exact) mass is 572 g/mol. The van der Waals surface area contributed by atoms with Gasteiger partial charge < -0.3 is 24.4 Å². The van der Waals surface area contributed by atoms with Crippen molar-refractivity contribution in [3.63, 3.8) is 0 Å². The summed E-state index contributed by atoms with van der Waals surface area (Å²) in [6, 6.07) is 23.5. The number of aryl methyl sites for hydroxylation is 1. The van der Waals surface area contributed by atoms with E-state index in [1.54, 1.807) is 13.2 Å². The van der Waals surface area contributed by atoms with Crippen LogP contribution in [0.15, 0.2) is 66.7 Å². The van der Waals surface area contributed by atoms with Crippen LogP contribution in [-0.2, 0) is 19.4 Å². The van der Waals surface area contributed by atoms with E-state index < -0.39 is 0 Å². The predicted octanol–water partition coefficient (Wildman–Crippen LogP) is 7.85. The first kappa shape index (κ1) is 31.9. The maximum absolute atomic E-state index is 9.51. The molecule has 3 aromatic carbocycles. The molecule has 0 bridgehead atoms. The highest BCUT2D eigenvalue weighted by atomic mass is 16.5. The number of likely N-dealkylation sites (N-methyl/N-ethyl adjacent to an activating group) is 1. The summed E-state index contributed by atoms with van der Waals surface area (Å²) in [5.74, 6) is 2.85. The van der Waals surface area contributed by atoms with Gasteiger partial charge in [0.05, 0.1) is 7.11 Å². The van der Waals surface area contributed by atoms with Crippen molar-refractivity contribution in [2.24, 2.45) is 0 Å². The van der Waals surface area contributed by atoms with Crippen LogP contribution in [0.4, 0.5) is 0 Å². The number of ether oxygens (including phenoxy) is 2. The summed E-state index contributed by atoms with van der Waals surface area (Å²) in [7, 11) is 6.11. The molecule has 2 aliphatic rings. The summed E-state index contributed by atoms with van der Waals surface area (Å²) in [4.78, 5) is 4.84. The number of aromatic hydroxyl groups is 1. The number of fused-ring (bicyclic) bond motifs is 1. The molecule has 3 aromatic rings. The van der Waals surface area contributed by atoms with Gasteiger partial charge in [0.2, 0.25) is 0 Å². The quantitative estimate of drug-likeness (QED) is 0.254. The summed E-state index contributed by atoms with van der Waals surface area (Å²) in [5.41, 5.74) is 5.39. The molecular formula is C37H52N2O3. The van der Waals surface area contributed by atoms with Crippen LogP contribution in [0.2, 0.25) is 0 Å². The van der Waals surface area contributed by atoms with Crippen molar-refractivity contribution >= 4 is 0 Å². The second-order valence-corrected chi connectivity index (χ2v) is 12.2. The topological polar surface area (TPSA) is 45.2 Å². The number of phenolic OH excluding ortho intramolecular Hbond substituents is 1. The van der Waals surface area contributed by atoms with E-state index in [2.05, 4.69) is 73.3 Å². The van der Waals surface area contributed by atoms with Crippen LogP contribution < -0.4 is 9.47 Å². The second kappa shape index (κ2) is 16.6. The Kier molecular flexibility index (Phi) is 12.6. The minimum Gasteiger partial charge on any atom is -0.508 e. The highest BCUT2D eigenvalue weighted by Crippen LogP contribution is 2.34. The van der Waals surface area contributed by atoms with Crippen LogP contribution in [0.1, 0.15) is 80.0 Å². The molecule has 0 spiro atoms. The van der Waals surface area contributed by atoms with E-state index in [9.17, 15) is 5.11 Å². The molecule has 0 saturated heterocycles. The fraction of sp³-hybridized carbons (Fsp3) is 0.514. The summed E-state index contributed by atoms with van der Waals surface area (Å²) in [6.45, 7) is 6.18. The lowest BCUT2D eigenvalue weighted by molar-refractivity contribution is 0.160. The minimum absolute atomic E-state index is 0.377. The molecule has 1 atom stereocenters. The third-order valence-corrected chi connectivity index (χ3v) is 8.90. The first-order valence-electron chi connectivity index (χ1n) is 16.0. The van der Waals surface area contributed by atoms with Gasteiger partial charge in [0.15, 0.2) is 0 Å². The summed E-state index contributed by atoms with van der Waals surface area (Å²) >= 11 is 0. The van der Waals surface area contributed by atoms with Gasteiger partial charge in [-0.3, -0.25) is 0 Å². The second-order valence-electron chi connectivity index (χ2n) is 12.2. The molecule has 0 radical (unpaired) electrons. The number of methoxy groups -OCH3 is 1. The van der Waals surface area contributed by atoms with Crippen molar-refractivity contribution in [1.82, 2.24) is 9.80 Å². The van der Waals surface area contributed by atoms with Gasteiger partial charge in [-0.2, -0.15) is 0 Å². The first-order valence-corrected chi connectivity index (χ1v) is 16.0. The Bertz CT molecular complexity index is 1190. The summed E-state index contributed by atoms with van der Waals surface area (Å²) in [6.07, 6.45) is 11.4. The Labute approximate surface area is 254 Å². The molecule has 0 aliphatic heterocycles. The SMILES string of the molecule is CCCN(C)Cc1ccc(OCCN(C)C2CCCCC2)cc1.COc1ccc(C2CCc3cc(O)ccc3C2)cc1. The van der Waals surface area contributed by atoms with E-state index in [4.69, 9.17) is 9.47 Å². The molecule has 1 fully saturated rings. The number of rotatable bonds is 11. The van der Waals surface area contributed by atoms with Crippen molar-refractivity contribution in [2.75, 3.05) is 40.9 Å². The predicted molar refractivity (Wildman–Crippen MR) is 174 cm³/mol. The molecule has 0 heterocycles. The van der Waals surface area contributed by atoms with Gasteiger partial charge in [0, 0.05) is 19.1 Å². The average molecular weight is 573 g/mol. The van der Waals surface area contributed by atoms with Crippen molar-refractivity contribution in [2.45, 2.75) is 83.2 Å². The Morgan fingerprint density at radius 1 is 0.810 bits per heavy atom. The zero-order valence-electron chi connectivity index (χ0n) is 26.4. The molecule has 0 aromatic heterocycles. The fourth-order valence-electron chi connectivity index (χ4n) is 6.38.